The summed E-state index contributed by atoms with van der Waals surface area (Å²) in [4.78, 5) is 26.0. The Kier molecular flexibility index (Phi) is 5.53. The highest BCUT2D eigenvalue weighted by atomic mass is 32.1. The number of carbonyl (C=O) groups excluding carboxylic acids is 1. The van der Waals surface area contributed by atoms with Crippen molar-refractivity contribution in [2.45, 2.75) is 25.7 Å². The predicted molar refractivity (Wildman–Crippen MR) is 116 cm³/mol. The summed E-state index contributed by atoms with van der Waals surface area (Å²) in [5.74, 6) is 1.91. The number of carbonyl (C=O) groups is 1. The Morgan fingerprint density at radius 3 is 2.59 bits per heavy atom. The molecule has 7 nitrogen and oxygen atoms in total. The van der Waals surface area contributed by atoms with Crippen LogP contribution in [0.15, 0.2) is 24.5 Å². The zero-order chi connectivity index (χ0) is 20.4. The Hall–Kier alpha value is -2.87. The first kappa shape index (κ1) is 19.4. The average molecular weight is 413 g/mol. The van der Waals surface area contributed by atoms with E-state index in [1.807, 2.05) is 11.9 Å². The fourth-order valence-electron chi connectivity index (χ4n) is 3.73. The lowest BCUT2D eigenvalue weighted by atomic mass is 9.97. The summed E-state index contributed by atoms with van der Waals surface area (Å²) in [6.45, 7) is 0.177. The van der Waals surface area contributed by atoms with Crippen LogP contribution in [-0.4, -0.2) is 43.7 Å². The van der Waals surface area contributed by atoms with E-state index in [1.165, 1.54) is 23.3 Å². The van der Waals surface area contributed by atoms with Gasteiger partial charge in [-0.1, -0.05) is 0 Å². The van der Waals surface area contributed by atoms with Crippen LogP contribution in [0.25, 0.3) is 10.2 Å². The minimum absolute atomic E-state index is 0.140. The summed E-state index contributed by atoms with van der Waals surface area (Å²) in [7, 11) is 5.05. The summed E-state index contributed by atoms with van der Waals surface area (Å²) in [6.07, 6.45) is 6.16. The van der Waals surface area contributed by atoms with Crippen molar-refractivity contribution in [3.8, 4) is 11.5 Å². The minimum atomic E-state index is -0.140. The van der Waals surface area contributed by atoms with Crippen LogP contribution in [0, 0.1) is 0 Å². The van der Waals surface area contributed by atoms with Gasteiger partial charge in [0.15, 0.2) is 0 Å². The van der Waals surface area contributed by atoms with E-state index in [-0.39, 0.29) is 12.5 Å². The van der Waals surface area contributed by atoms with Crippen LogP contribution in [0.4, 0.5) is 11.5 Å². The van der Waals surface area contributed by atoms with Gasteiger partial charge >= 0.3 is 0 Å². The molecule has 1 aliphatic carbocycles. The van der Waals surface area contributed by atoms with Gasteiger partial charge in [0, 0.05) is 35.8 Å². The van der Waals surface area contributed by atoms with Gasteiger partial charge in [0.05, 0.1) is 26.2 Å². The van der Waals surface area contributed by atoms with Crippen molar-refractivity contribution >= 4 is 39.0 Å². The van der Waals surface area contributed by atoms with Gasteiger partial charge in [0.1, 0.15) is 28.5 Å². The van der Waals surface area contributed by atoms with Gasteiger partial charge in [-0.25, -0.2) is 9.97 Å². The van der Waals surface area contributed by atoms with Gasteiger partial charge in [0.25, 0.3) is 0 Å². The van der Waals surface area contributed by atoms with Crippen molar-refractivity contribution in [2.75, 3.05) is 38.0 Å². The van der Waals surface area contributed by atoms with E-state index < -0.39 is 0 Å². The number of nitrogens with one attached hydrogen (secondary N) is 1. The molecule has 0 aliphatic heterocycles. The van der Waals surface area contributed by atoms with Gasteiger partial charge < -0.3 is 19.7 Å². The van der Waals surface area contributed by atoms with Crippen LogP contribution < -0.4 is 19.7 Å². The second-order valence-electron chi connectivity index (χ2n) is 7.09. The number of benzene rings is 1. The quantitative estimate of drug-likeness (QED) is 0.666. The van der Waals surface area contributed by atoms with Crippen LogP contribution >= 0.6 is 11.3 Å². The molecule has 2 heterocycles. The van der Waals surface area contributed by atoms with Crippen molar-refractivity contribution in [3.05, 3.63) is 35.0 Å². The minimum Gasteiger partial charge on any atom is -0.497 e. The molecule has 0 bridgehead atoms. The molecule has 2 aromatic heterocycles. The molecule has 1 aliphatic rings. The summed E-state index contributed by atoms with van der Waals surface area (Å²) in [5, 5.41) is 4.02. The van der Waals surface area contributed by atoms with Crippen molar-refractivity contribution < 1.29 is 14.3 Å². The Balaban J connectivity index is 1.55. The van der Waals surface area contributed by atoms with Crippen LogP contribution in [0.5, 0.6) is 11.5 Å². The predicted octanol–water partition coefficient (Wildman–Crippen LogP) is 3.66. The molecule has 0 radical (unpaired) electrons. The maximum atomic E-state index is 12.7. The number of rotatable bonds is 6. The number of ether oxygens (including phenoxy) is 2. The molecular weight excluding hydrogens is 388 g/mol. The van der Waals surface area contributed by atoms with Gasteiger partial charge in [-0.3, -0.25) is 4.79 Å². The van der Waals surface area contributed by atoms with E-state index >= 15 is 0 Å². The third kappa shape index (κ3) is 3.98. The molecule has 0 unspecified atom stereocenters. The number of anilines is 2. The number of hydrogen-bond acceptors (Lipinski definition) is 7. The fourth-order valence-corrected chi connectivity index (χ4v) is 4.96. The second-order valence-corrected chi connectivity index (χ2v) is 8.18. The molecule has 1 aromatic carbocycles. The largest absolute Gasteiger partial charge is 0.497 e. The lowest BCUT2D eigenvalue weighted by Gasteiger charge is -2.20. The van der Waals surface area contributed by atoms with Gasteiger partial charge in [-0.2, -0.15) is 0 Å². The van der Waals surface area contributed by atoms with E-state index in [0.717, 1.165) is 28.9 Å². The Morgan fingerprint density at radius 2 is 1.86 bits per heavy atom. The van der Waals surface area contributed by atoms with Gasteiger partial charge in [0.2, 0.25) is 5.91 Å². The fraction of sp³-hybridized carbons (Fsp3) is 0.381. The van der Waals surface area contributed by atoms with E-state index in [9.17, 15) is 4.79 Å². The monoisotopic (exact) mass is 412 g/mol. The third-order valence-corrected chi connectivity index (χ3v) is 6.31. The van der Waals surface area contributed by atoms with Gasteiger partial charge in [-0.05, 0) is 31.2 Å². The van der Waals surface area contributed by atoms with Crippen LogP contribution in [0.2, 0.25) is 0 Å². The number of methoxy groups -OCH3 is 2. The number of amides is 1. The number of nitrogens with zero attached hydrogens (tertiary/aromatic N) is 3. The number of aromatic nitrogens is 2. The highest BCUT2D eigenvalue weighted by Gasteiger charge is 2.22. The van der Waals surface area contributed by atoms with Crippen LogP contribution in [0.3, 0.4) is 0 Å². The number of fused-ring (bicyclic) bond motifs is 3. The maximum Gasteiger partial charge on any atom is 0.243 e. The summed E-state index contributed by atoms with van der Waals surface area (Å²) in [6, 6.07) is 5.29. The maximum absolute atomic E-state index is 12.7. The third-order valence-electron chi connectivity index (χ3n) is 5.11. The SMILES string of the molecule is COc1cc(NC(=O)CN(C)c2ncnc3sc4c(c23)CCCC4)cc(OC)c1. The summed E-state index contributed by atoms with van der Waals surface area (Å²) < 4.78 is 10.5. The number of likely N-dealkylation sites (N-methyl/N-ethyl adjacent to an activating group) is 1. The van der Waals surface area contributed by atoms with E-state index in [1.54, 1.807) is 50.1 Å². The second kappa shape index (κ2) is 8.24. The van der Waals surface area contributed by atoms with Crippen LogP contribution in [-0.2, 0) is 17.6 Å². The Labute approximate surface area is 173 Å². The van der Waals surface area contributed by atoms with Crippen LogP contribution in [0.1, 0.15) is 23.3 Å². The van der Waals surface area contributed by atoms with Crippen molar-refractivity contribution in [1.29, 1.82) is 0 Å². The molecule has 152 valence electrons. The van der Waals surface area contributed by atoms with E-state index in [2.05, 4.69) is 15.3 Å². The first-order chi connectivity index (χ1) is 14.1. The molecule has 8 heteroatoms. The van der Waals surface area contributed by atoms with E-state index in [0.29, 0.717) is 17.2 Å². The number of hydrogen-bond donors (Lipinski definition) is 1. The number of aryl methyl sites for hydroxylation is 2. The topological polar surface area (TPSA) is 76.6 Å². The first-order valence-corrected chi connectivity index (χ1v) is 10.4. The molecule has 0 atom stereocenters. The normalized spacial score (nSPS) is 13.1. The Morgan fingerprint density at radius 1 is 1.14 bits per heavy atom. The molecule has 29 heavy (non-hydrogen) atoms. The molecule has 1 amide bonds. The zero-order valence-electron chi connectivity index (χ0n) is 16.8. The van der Waals surface area contributed by atoms with Crippen molar-refractivity contribution in [3.63, 3.8) is 0 Å². The van der Waals surface area contributed by atoms with Gasteiger partial charge in [-0.15, -0.1) is 11.3 Å². The highest BCUT2D eigenvalue weighted by molar-refractivity contribution is 7.19. The summed E-state index contributed by atoms with van der Waals surface area (Å²) in [5.41, 5.74) is 1.98. The molecule has 0 saturated carbocycles. The zero-order valence-corrected chi connectivity index (χ0v) is 17.6. The van der Waals surface area contributed by atoms with Crippen molar-refractivity contribution in [1.82, 2.24) is 9.97 Å². The smallest absolute Gasteiger partial charge is 0.243 e. The van der Waals surface area contributed by atoms with E-state index in [4.69, 9.17) is 9.47 Å². The summed E-state index contributed by atoms with van der Waals surface area (Å²) >= 11 is 1.75. The molecular formula is C21H24N4O3S. The molecule has 1 N–H and O–H groups in total. The van der Waals surface area contributed by atoms with Crippen molar-refractivity contribution in [2.24, 2.45) is 0 Å². The average Bonchev–Trinajstić information content (AvgIpc) is 3.11. The first-order valence-electron chi connectivity index (χ1n) is 9.58. The number of thiophene rings is 1. The molecule has 3 aromatic rings. The standard InChI is InChI=1S/C21H24N4O3S/c1-25(11-18(26)24-13-8-14(27-2)10-15(9-13)28-3)20-19-16-6-4-5-7-17(16)29-21(19)23-12-22-20/h8-10,12H,4-7,11H2,1-3H3,(H,24,26). The lowest BCUT2D eigenvalue weighted by molar-refractivity contribution is -0.114. The molecule has 0 saturated heterocycles. The molecule has 4 rings (SSSR count). The Bertz CT molecular complexity index is 1030. The lowest BCUT2D eigenvalue weighted by Crippen LogP contribution is -2.30. The molecule has 0 fully saturated rings. The molecule has 0 spiro atoms. The highest BCUT2D eigenvalue weighted by Crippen LogP contribution is 2.39.